The van der Waals surface area contributed by atoms with Gasteiger partial charge in [0.1, 0.15) is 10.0 Å². The number of likely N-dealkylation sites (N-methyl/N-ethyl adjacent to an activating group) is 1. The van der Waals surface area contributed by atoms with Crippen LogP contribution in [-0.4, -0.2) is 43.2 Å². The lowest BCUT2D eigenvalue weighted by Crippen LogP contribution is -2.35. The van der Waals surface area contributed by atoms with E-state index in [2.05, 4.69) is 0 Å². The molecule has 0 N–H and O–H groups in total. The number of rotatable bonds is 7. The molecular weight excluding hydrogens is 399 g/mol. The molecule has 2 aromatic rings. The van der Waals surface area contributed by atoms with Crippen molar-refractivity contribution in [3.63, 3.8) is 0 Å². The first-order valence-electron chi connectivity index (χ1n) is 9.51. The maximum absolute atomic E-state index is 13.4. The van der Waals surface area contributed by atoms with E-state index in [4.69, 9.17) is 0 Å². The van der Waals surface area contributed by atoms with Gasteiger partial charge < -0.3 is 4.90 Å². The van der Waals surface area contributed by atoms with Gasteiger partial charge in [0.25, 0.3) is 10.0 Å². The van der Waals surface area contributed by atoms with Crippen LogP contribution in [0.25, 0.3) is 0 Å². The summed E-state index contributed by atoms with van der Waals surface area (Å²) in [7, 11) is -3.47. The van der Waals surface area contributed by atoms with Crippen LogP contribution in [0, 0.1) is 5.82 Å². The predicted molar refractivity (Wildman–Crippen MR) is 108 cm³/mol. The molecule has 8 heteroatoms. The van der Waals surface area contributed by atoms with Crippen LogP contribution < -0.4 is 0 Å². The van der Waals surface area contributed by atoms with E-state index >= 15 is 0 Å². The van der Waals surface area contributed by atoms with E-state index in [1.807, 2.05) is 6.92 Å². The summed E-state index contributed by atoms with van der Waals surface area (Å²) in [6.07, 6.45) is 2.99. The molecule has 1 aromatic heterocycles. The van der Waals surface area contributed by atoms with E-state index in [1.165, 1.54) is 16.4 Å². The molecule has 0 unspecified atom stereocenters. The highest BCUT2D eigenvalue weighted by Crippen LogP contribution is 2.27. The van der Waals surface area contributed by atoms with Crippen molar-refractivity contribution in [2.75, 3.05) is 19.6 Å². The number of piperidine rings is 1. The third kappa shape index (κ3) is 4.98. The zero-order valence-corrected chi connectivity index (χ0v) is 17.6. The van der Waals surface area contributed by atoms with Crippen molar-refractivity contribution in [1.82, 2.24) is 9.21 Å². The van der Waals surface area contributed by atoms with Gasteiger partial charge in [-0.1, -0.05) is 18.6 Å². The first-order chi connectivity index (χ1) is 13.4. The van der Waals surface area contributed by atoms with Crippen LogP contribution >= 0.6 is 11.3 Å². The molecule has 0 radical (unpaired) electrons. The van der Waals surface area contributed by atoms with Crippen molar-refractivity contribution in [1.29, 1.82) is 0 Å². The normalized spacial score (nSPS) is 15.5. The summed E-state index contributed by atoms with van der Waals surface area (Å²) >= 11 is 1.16. The van der Waals surface area contributed by atoms with Gasteiger partial charge in [-0.05, 0) is 49.6 Å². The van der Waals surface area contributed by atoms with Gasteiger partial charge >= 0.3 is 0 Å². The topological polar surface area (TPSA) is 57.7 Å². The van der Waals surface area contributed by atoms with E-state index < -0.39 is 10.0 Å². The fourth-order valence-electron chi connectivity index (χ4n) is 3.32. The molecular formula is C20H25FN2O3S2. The van der Waals surface area contributed by atoms with Gasteiger partial charge in [0.15, 0.2) is 0 Å². The smallest absolute Gasteiger partial charge is 0.252 e. The Hall–Kier alpha value is -1.77. The van der Waals surface area contributed by atoms with Gasteiger partial charge in [0.2, 0.25) is 5.91 Å². The van der Waals surface area contributed by atoms with E-state index in [-0.39, 0.29) is 18.1 Å². The molecule has 1 aliphatic heterocycles. The zero-order chi connectivity index (χ0) is 20.1. The summed E-state index contributed by atoms with van der Waals surface area (Å²) in [5.74, 6) is -0.428. The number of amides is 1. The van der Waals surface area contributed by atoms with Gasteiger partial charge in [-0.15, -0.1) is 11.3 Å². The number of carbonyl (C=O) groups is 1. The Kier molecular flexibility index (Phi) is 6.85. The minimum atomic E-state index is -3.47. The van der Waals surface area contributed by atoms with Crippen molar-refractivity contribution in [3.05, 3.63) is 52.7 Å². The van der Waals surface area contributed by atoms with Crippen LogP contribution in [0.2, 0.25) is 0 Å². The Morgan fingerprint density at radius 2 is 1.93 bits per heavy atom. The second-order valence-corrected chi connectivity index (χ2v) is 10.2. The number of thiophene rings is 1. The average molecular weight is 425 g/mol. The fourth-order valence-corrected chi connectivity index (χ4v) is 6.34. The Morgan fingerprint density at radius 1 is 1.18 bits per heavy atom. The molecule has 28 heavy (non-hydrogen) atoms. The summed E-state index contributed by atoms with van der Waals surface area (Å²) in [6.45, 7) is 3.83. The van der Waals surface area contributed by atoms with Crippen molar-refractivity contribution < 1.29 is 17.6 Å². The van der Waals surface area contributed by atoms with Crippen LogP contribution in [0.5, 0.6) is 0 Å². The molecule has 0 spiro atoms. The molecule has 152 valence electrons. The Bertz CT molecular complexity index is 921. The third-order valence-electron chi connectivity index (χ3n) is 4.87. The number of nitrogens with zero attached hydrogens (tertiary/aromatic N) is 2. The fraction of sp³-hybridized carbons (Fsp3) is 0.450. The number of carbonyl (C=O) groups excluding carboxylic acids is 1. The minimum absolute atomic E-state index is 0.101. The molecule has 1 amide bonds. The highest BCUT2D eigenvalue weighted by Gasteiger charge is 2.27. The first kappa shape index (κ1) is 21.0. The minimum Gasteiger partial charge on any atom is -0.338 e. The standard InChI is InChI=1S/C20H25FN2O3S2/c1-2-22(15-16-7-6-8-17(21)13-16)19(24)14-18-9-10-20(27-18)28(25,26)23-11-4-3-5-12-23/h6-10,13H,2-5,11-12,14-15H2,1H3. The van der Waals surface area contributed by atoms with Gasteiger partial charge in [0, 0.05) is 31.1 Å². The Morgan fingerprint density at radius 3 is 2.61 bits per heavy atom. The van der Waals surface area contributed by atoms with Crippen molar-refractivity contribution in [2.45, 2.75) is 43.4 Å². The zero-order valence-electron chi connectivity index (χ0n) is 15.9. The van der Waals surface area contributed by atoms with E-state index in [1.54, 1.807) is 29.2 Å². The number of sulfonamides is 1. The molecule has 0 atom stereocenters. The summed E-state index contributed by atoms with van der Waals surface area (Å²) < 4.78 is 40.7. The number of hydrogen-bond donors (Lipinski definition) is 0. The highest BCUT2D eigenvalue weighted by atomic mass is 32.2. The molecule has 5 nitrogen and oxygen atoms in total. The van der Waals surface area contributed by atoms with Crippen LogP contribution in [0.3, 0.4) is 0 Å². The molecule has 3 rings (SSSR count). The lowest BCUT2D eigenvalue weighted by Gasteiger charge is -2.25. The van der Waals surface area contributed by atoms with Crippen molar-refractivity contribution in [2.24, 2.45) is 0 Å². The average Bonchev–Trinajstić information content (AvgIpc) is 3.16. The highest BCUT2D eigenvalue weighted by molar-refractivity contribution is 7.91. The Labute approximate surface area is 169 Å². The Balaban J connectivity index is 1.67. The van der Waals surface area contributed by atoms with E-state index in [0.717, 1.165) is 41.0 Å². The van der Waals surface area contributed by atoms with Gasteiger partial charge in [-0.2, -0.15) is 4.31 Å². The largest absolute Gasteiger partial charge is 0.338 e. The maximum atomic E-state index is 13.4. The predicted octanol–water partition coefficient (Wildman–Crippen LogP) is 3.65. The van der Waals surface area contributed by atoms with Crippen LogP contribution in [0.15, 0.2) is 40.6 Å². The molecule has 0 bridgehead atoms. The van der Waals surface area contributed by atoms with Crippen LogP contribution in [0.4, 0.5) is 4.39 Å². The summed E-state index contributed by atoms with van der Waals surface area (Å²) in [4.78, 5) is 15.0. The molecule has 1 fully saturated rings. The summed E-state index contributed by atoms with van der Waals surface area (Å²) in [6, 6.07) is 9.52. The SMILES string of the molecule is CCN(Cc1cccc(F)c1)C(=O)Cc1ccc(S(=O)(=O)N2CCCCC2)s1. The molecule has 1 aliphatic rings. The number of hydrogen-bond acceptors (Lipinski definition) is 4. The maximum Gasteiger partial charge on any atom is 0.252 e. The van der Waals surface area contributed by atoms with Crippen molar-refractivity contribution >= 4 is 27.3 Å². The van der Waals surface area contributed by atoms with E-state index in [9.17, 15) is 17.6 Å². The molecule has 1 aromatic carbocycles. The molecule has 2 heterocycles. The number of benzene rings is 1. The van der Waals surface area contributed by atoms with Gasteiger partial charge in [0.05, 0.1) is 6.42 Å². The number of halogens is 1. The summed E-state index contributed by atoms with van der Waals surface area (Å²) in [5.41, 5.74) is 0.731. The lowest BCUT2D eigenvalue weighted by molar-refractivity contribution is -0.130. The monoisotopic (exact) mass is 424 g/mol. The molecule has 1 saturated heterocycles. The summed E-state index contributed by atoms with van der Waals surface area (Å²) in [5, 5.41) is 0. The second-order valence-electron chi connectivity index (χ2n) is 6.90. The third-order valence-corrected chi connectivity index (χ3v) is 8.32. The van der Waals surface area contributed by atoms with Gasteiger partial charge in [-0.25, -0.2) is 12.8 Å². The van der Waals surface area contributed by atoms with E-state index in [0.29, 0.717) is 30.4 Å². The first-order valence-corrected chi connectivity index (χ1v) is 11.8. The molecule has 0 aliphatic carbocycles. The lowest BCUT2D eigenvalue weighted by atomic mass is 10.2. The van der Waals surface area contributed by atoms with Gasteiger partial charge in [-0.3, -0.25) is 4.79 Å². The van der Waals surface area contributed by atoms with Crippen LogP contribution in [-0.2, 0) is 27.8 Å². The quantitative estimate of drug-likeness (QED) is 0.682. The second kappa shape index (κ2) is 9.15. The van der Waals surface area contributed by atoms with Crippen molar-refractivity contribution in [3.8, 4) is 0 Å². The van der Waals surface area contributed by atoms with Crippen LogP contribution in [0.1, 0.15) is 36.6 Å². The molecule has 0 saturated carbocycles.